The minimum Gasteiger partial charge on any atom is -0.441 e. The lowest BCUT2D eigenvalue weighted by Crippen LogP contribution is -2.33. The van der Waals surface area contributed by atoms with Gasteiger partial charge in [0.25, 0.3) is 0 Å². The van der Waals surface area contributed by atoms with Crippen LogP contribution in [0.3, 0.4) is 0 Å². The Kier molecular flexibility index (Phi) is 5.67. The molecule has 3 aromatic rings. The number of halogens is 2. The van der Waals surface area contributed by atoms with Crippen molar-refractivity contribution in [3.05, 3.63) is 76.5 Å². The molecule has 0 atom stereocenters. The van der Waals surface area contributed by atoms with E-state index in [4.69, 9.17) is 16.0 Å². The number of amides is 1. The number of carbonyl (C=O) groups is 1. The van der Waals surface area contributed by atoms with Crippen LogP contribution < -0.4 is 0 Å². The van der Waals surface area contributed by atoms with Crippen molar-refractivity contribution in [3.8, 4) is 11.3 Å². The van der Waals surface area contributed by atoms with Crippen LogP contribution in [0.5, 0.6) is 0 Å². The van der Waals surface area contributed by atoms with Crippen molar-refractivity contribution >= 4 is 17.5 Å². The number of hydrogen-bond donors (Lipinski definition) is 0. The molecule has 2 aromatic carbocycles. The fourth-order valence-corrected chi connectivity index (χ4v) is 3.52. The topological polar surface area (TPSA) is 46.3 Å². The highest BCUT2D eigenvalue weighted by Gasteiger charge is 2.33. The van der Waals surface area contributed by atoms with Crippen LogP contribution in [0.25, 0.3) is 11.3 Å². The van der Waals surface area contributed by atoms with Crippen LogP contribution in [0.1, 0.15) is 36.3 Å². The molecule has 1 heterocycles. The van der Waals surface area contributed by atoms with E-state index in [0.29, 0.717) is 28.7 Å². The lowest BCUT2D eigenvalue weighted by molar-refractivity contribution is -0.132. The van der Waals surface area contributed by atoms with Crippen molar-refractivity contribution in [2.75, 3.05) is 0 Å². The molecule has 1 saturated carbocycles. The van der Waals surface area contributed by atoms with Crippen LogP contribution in [-0.4, -0.2) is 21.8 Å². The monoisotopic (exact) mass is 412 g/mol. The van der Waals surface area contributed by atoms with Crippen molar-refractivity contribution < 1.29 is 13.6 Å². The van der Waals surface area contributed by atoms with Crippen LogP contribution in [0, 0.1) is 12.7 Å². The Morgan fingerprint density at radius 2 is 2.00 bits per heavy atom. The third-order valence-electron chi connectivity index (χ3n) is 5.14. The Hall–Kier alpha value is -2.66. The molecule has 1 aliphatic rings. The first kappa shape index (κ1) is 19.6. The number of hydrogen-bond acceptors (Lipinski definition) is 3. The summed E-state index contributed by atoms with van der Waals surface area (Å²) >= 11 is 6.14. The molecule has 1 aromatic heterocycles. The Morgan fingerprint density at radius 1 is 1.24 bits per heavy atom. The molecule has 0 spiro atoms. The smallest absolute Gasteiger partial charge is 0.223 e. The first-order valence-corrected chi connectivity index (χ1v) is 10.1. The van der Waals surface area contributed by atoms with Gasteiger partial charge in [-0.25, -0.2) is 9.37 Å². The van der Waals surface area contributed by atoms with E-state index in [1.807, 2.05) is 31.2 Å². The van der Waals surface area contributed by atoms with Crippen LogP contribution in [0.4, 0.5) is 4.39 Å². The summed E-state index contributed by atoms with van der Waals surface area (Å²) in [5.41, 5.74) is 2.50. The summed E-state index contributed by atoms with van der Waals surface area (Å²) in [4.78, 5) is 18.9. The SMILES string of the molecule is Cc1ccc(-c2cnc(CCC(=O)N(Cc3c(F)cccc3Cl)C3CC3)o2)cc1. The summed E-state index contributed by atoms with van der Waals surface area (Å²) in [7, 11) is 0. The zero-order valence-corrected chi connectivity index (χ0v) is 17.0. The first-order chi connectivity index (χ1) is 14.0. The third-order valence-corrected chi connectivity index (χ3v) is 5.49. The fraction of sp³-hybridized carbons (Fsp3) is 0.304. The summed E-state index contributed by atoms with van der Waals surface area (Å²) in [6.07, 6.45) is 4.22. The van der Waals surface area contributed by atoms with Crippen LogP contribution >= 0.6 is 11.6 Å². The minimum absolute atomic E-state index is 0.0399. The molecule has 0 N–H and O–H groups in total. The molecule has 1 aliphatic carbocycles. The maximum Gasteiger partial charge on any atom is 0.223 e. The van der Waals surface area contributed by atoms with Gasteiger partial charge in [0, 0.05) is 35.0 Å². The van der Waals surface area contributed by atoms with Crippen LogP contribution in [0.2, 0.25) is 5.02 Å². The van der Waals surface area contributed by atoms with E-state index < -0.39 is 0 Å². The number of benzene rings is 2. The van der Waals surface area contributed by atoms with E-state index >= 15 is 0 Å². The third kappa shape index (κ3) is 4.67. The van der Waals surface area contributed by atoms with Crippen molar-refractivity contribution in [2.24, 2.45) is 0 Å². The zero-order valence-electron chi connectivity index (χ0n) is 16.2. The van der Waals surface area contributed by atoms with Gasteiger partial charge in [0.1, 0.15) is 5.82 Å². The number of aromatic nitrogens is 1. The Morgan fingerprint density at radius 3 is 2.69 bits per heavy atom. The predicted molar refractivity (Wildman–Crippen MR) is 110 cm³/mol. The number of oxazole rings is 1. The van der Waals surface area contributed by atoms with Gasteiger partial charge in [-0.3, -0.25) is 4.79 Å². The highest BCUT2D eigenvalue weighted by atomic mass is 35.5. The zero-order chi connectivity index (χ0) is 20.4. The van der Waals surface area contributed by atoms with E-state index in [-0.39, 0.29) is 30.7 Å². The molecule has 1 amide bonds. The molecule has 6 heteroatoms. The predicted octanol–water partition coefficient (Wildman–Crippen LogP) is 5.57. The molecular formula is C23H22ClFN2O2. The molecule has 4 nitrogen and oxygen atoms in total. The van der Waals surface area contributed by atoms with Crippen LogP contribution in [-0.2, 0) is 17.8 Å². The van der Waals surface area contributed by atoms with Gasteiger partial charge in [-0.05, 0) is 31.9 Å². The lowest BCUT2D eigenvalue weighted by atomic mass is 10.1. The van der Waals surface area contributed by atoms with E-state index in [0.717, 1.165) is 18.4 Å². The maximum atomic E-state index is 14.2. The minimum atomic E-state index is -0.383. The lowest BCUT2D eigenvalue weighted by Gasteiger charge is -2.23. The molecule has 150 valence electrons. The summed E-state index contributed by atoms with van der Waals surface area (Å²) in [6, 6.07) is 12.7. The quantitative estimate of drug-likeness (QED) is 0.510. The van der Waals surface area contributed by atoms with Crippen molar-refractivity contribution in [3.63, 3.8) is 0 Å². The maximum absolute atomic E-state index is 14.2. The van der Waals surface area contributed by atoms with Crippen molar-refractivity contribution in [1.29, 1.82) is 0 Å². The summed E-state index contributed by atoms with van der Waals surface area (Å²) in [5.74, 6) is 0.784. The average molecular weight is 413 g/mol. The van der Waals surface area contributed by atoms with Gasteiger partial charge in [-0.15, -0.1) is 0 Å². The Labute approximate surface area is 174 Å². The van der Waals surface area contributed by atoms with Gasteiger partial charge >= 0.3 is 0 Å². The Balaban J connectivity index is 1.41. The molecule has 0 bridgehead atoms. The molecular weight excluding hydrogens is 391 g/mol. The van der Waals surface area contributed by atoms with Gasteiger partial charge < -0.3 is 9.32 Å². The van der Waals surface area contributed by atoms with Crippen molar-refractivity contribution in [1.82, 2.24) is 9.88 Å². The van der Waals surface area contributed by atoms with Crippen LogP contribution in [0.15, 0.2) is 53.1 Å². The van der Waals surface area contributed by atoms with Gasteiger partial charge in [0.15, 0.2) is 11.7 Å². The summed E-state index contributed by atoms with van der Waals surface area (Å²) < 4.78 is 20.0. The summed E-state index contributed by atoms with van der Waals surface area (Å²) in [6.45, 7) is 2.22. The molecule has 0 radical (unpaired) electrons. The molecule has 29 heavy (non-hydrogen) atoms. The second-order valence-electron chi connectivity index (χ2n) is 7.44. The second-order valence-corrected chi connectivity index (χ2v) is 7.84. The van der Waals surface area contributed by atoms with Gasteiger partial charge in [-0.2, -0.15) is 0 Å². The Bertz CT molecular complexity index is 992. The molecule has 0 unspecified atom stereocenters. The standard InChI is InChI=1S/C23H22ClFN2O2/c1-15-5-7-16(8-6-15)21-13-26-22(29-21)11-12-23(28)27(17-9-10-17)14-18-19(24)3-2-4-20(18)25/h2-8,13,17H,9-12,14H2,1H3. The van der Waals surface area contributed by atoms with Crippen molar-refractivity contribution in [2.45, 2.75) is 45.2 Å². The van der Waals surface area contributed by atoms with E-state index in [9.17, 15) is 9.18 Å². The van der Waals surface area contributed by atoms with Gasteiger partial charge in [0.2, 0.25) is 5.91 Å². The molecule has 4 rings (SSSR count). The molecule has 0 saturated heterocycles. The highest BCUT2D eigenvalue weighted by Crippen LogP contribution is 2.31. The molecule has 0 aliphatic heterocycles. The summed E-state index contributed by atoms with van der Waals surface area (Å²) in [5, 5.41) is 0.346. The average Bonchev–Trinajstić information content (AvgIpc) is 3.43. The second kappa shape index (κ2) is 8.37. The number of rotatable bonds is 7. The first-order valence-electron chi connectivity index (χ1n) is 9.75. The number of aryl methyl sites for hydroxylation is 2. The highest BCUT2D eigenvalue weighted by molar-refractivity contribution is 6.31. The molecule has 1 fully saturated rings. The van der Waals surface area contributed by atoms with E-state index in [1.165, 1.54) is 11.6 Å². The normalized spacial score (nSPS) is 13.5. The van der Waals surface area contributed by atoms with E-state index in [2.05, 4.69) is 4.98 Å². The number of carbonyl (C=O) groups excluding carboxylic acids is 1. The van der Waals surface area contributed by atoms with Gasteiger partial charge in [0.05, 0.1) is 12.7 Å². The fourth-order valence-electron chi connectivity index (χ4n) is 3.30. The largest absolute Gasteiger partial charge is 0.441 e. The number of nitrogens with zero attached hydrogens (tertiary/aromatic N) is 2. The van der Waals surface area contributed by atoms with Gasteiger partial charge in [-0.1, -0.05) is 47.5 Å². The van der Waals surface area contributed by atoms with E-state index in [1.54, 1.807) is 23.2 Å².